The molecule has 0 spiro atoms. The number of para-hydroxylation sites is 1. The summed E-state index contributed by atoms with van der Waals surface area (Å²) in [5, 5.41) is 4.31. The maximum absolute atomic E-state index is 12.8. The summed E-state index contributed by atoms with van der Waals surface area (Å²) >= 11 is 0. The van der Waals surface area contributed by atoms with Gasteiger partial charge in [0.05, 0.1) is 0 Å². The Bertz CT molecular complexity index is 1100. The zero-order valence-electron chi connectivity index (χ0n) is 17.3. The highest BCUT2D eigenvalue weighted by Crippen LogP contribution is 2.32. The van der Waals surface area contributed by atoms with Gasteiger partial charge in [0.2, 0.25) is 5.91 Å². The number of pyridine rings is 1. The van der Waals surface area contributed by atoms with Crippen molar-refractivity contribution in [2.45, 2.75) is 31.7 Å². The number of hydrogen-bond donors (Lipinski definition) is 1. The van der Waals surface area contributed by atoms with Crippen molar-refractivity contribution in [2.75, 3.05) is 0 Å². The van der Waals surface area contributed by atoms with Crippen molar-refractivity contribution < 1.29 is 4.79 Å². The van der Waals surface area contributed by atoms with Crippen molar-refractivity contribution in [2.24, 2.45) is 7.05 Å². The third kappa shape index (κ3) is 4.77. The first kappa shape index (κ1) is 19.9. The van der Waals surface area contributed by atoms with E-state index in [1.807, 2.05) is 18.2 Å². The summed E-state index contributed by atoms with van der Waals surface area (Å²) in [5.74, 6) is 0.242. The topological polar surface area (TPSA) is 46.9 Å². The predicted octanol–water partition coefficient (Wildman–Crippen LogP) is 5.00. The van der Waals surface area contributed by atoms with Gasteiger partial charge in [-0.05, 0) is 53.6 Å². The van der Waals surface area contributed by atoms with Crippen LogP contribution in [0.15, 0.2) is 85.3 Å². The minimum absolute atomic E-state index is 0.0813. The molecule has 0 bridgehead atoms. The Kier molecular flexibility index (Phi) is 6.23. The smallest absolute Gasteiger partial charge is 0.220 e. The summed E-state index contributed by atoms with van der Waals surface area (Å²) in [4.78, 5) is 16.9. The average molecular weight is 398 g/mol. The second-order valence-electron chi connectivity index (χ2n) is 7.77. The predicted molar refractivity (Wildman–Crippen MR) is 121 cm³/mol. The number of nitrogens with zero attached hydrogens (tertiary/aromatic N) is 2. The van der Waals surface area contributed by atoms with Gasteiger partial charge < -0.3 is 9.88 Å². The van der Waals surface area contributed by atoms with Gasteiger partial charge in [-0.1, -0.05) is 48.5 Å². The first-order valence-electron chi connectivity index (χ1n) is 10.4. The van der Waals surface area contributed by atoms with Gasteiger partial charge >= 0.3 is 0 Å². The molecule has 1 unspecified atom stereocenters. The van der Waals surface area contributed by atoms with Crippen LogP contribution < -0.4 is 5.32 Å². The molecule has 2 aromatic carbocycles. The largest absolute Gasteiger partial charge is 0.352 e. The number of carbonyl (C=O) groups excluding carboxylic acids is 1. The van der Waals surface area contributed by atoms with Crippen molar-refractivity contribution in [1.82, 2.24) is 14.9 Å². The average Bonchev–Trinajstić information content (AvgIpc) is 3.13. The number of aryl methyl sites for hydroxylation is 2. The van der Waals surface area contributed by atoms with Crippen LogP contribution in [0.3, 0.4) is 0 Å². The molecule has 1 atom stereocenters. The summed E-state index contributed by atoms with van der Waals surface area (Å²) in [6.07, 6.45) is 8.05. The summed E-state index contributed by atoms with van der Waals surface area (Å²) in [5.41, 5.74) is 4.82. The van der Waals surface area contributed by atoms with E-state index < -0.39 is 0 Å². The summed E-state index contributed by atoms with van der Waals surface area (Å²) < 4.78 is 2.16. The van der Waals surface area contributed by atoms with Crippen LogP contribution in [0.5, 0.6) is 0 Å². The number of amides is 1. The fourth-order valence-electron chi connectivity index (χ4n) is 4.05. The SMILES string of the molecule is Cn1cc(C(CCc2ccccc2)CC(=O)NCc2ccncc2)c2ccccc21. The molecule has 0 saturated heterocycles. The molecule has 0 saturated carbocycles. The zero-order valence-corrected chi connectivity index (χ0v) is 17.3. The molecule has 1 N–H and O–H groups in total. The molecule has 2 heterocycles. The number of carbonyl (C=O) groups is 1. The van der Waals surface area contributed by atoms with E-state index in [0.717, 1.165) is 18.4 Å². The molecule has 1 amide bonds. The van der Waals surface area contributed by atoms with Crippen molar-refractivity contribution in [3.8, 4) is 0 Å². The highest BCUT2D eigenvalue weighted by molar-refractivity contribution is 5.85. The number of fused-ring (bicyclic) bond motifs is 1. The van der Waals surface area contributed by atoms with Crippen LogP contribution in [-0.2, 0) is 24.8 Å². The Morgan fingerprint density at radius 3 is 2.50 bits per heavy atom. The van der Waals surface area contributed by atoms with E-state index in [1.54, 1.807) is 12.4 Å². The number of benzene rings is 2. The van der Waals surface area contributed by atoms with E-state index in [-0.39, 0.29) is 11.8 Å². The van der Waals surface area contributed by atoms with Gasteiger partial charge in [-0.3, -0.25) is 9.78 Å². The standard InChI is InChI=1S/C26H27N3O/c1-29-19-24(23-9-5-6-10-25(23)29)22(12-11-20-7-3-2-4-8-20)17-26(30)28-18-21-13-15-27-16-14-21/h2-10,13-16,19,22H,11-12,17-18H2,1H3,(H,28,30). The minimum Gasteiger partial charge on any atom is -0.352 e. The fraction of sp³-hybridized carbons (Fsp3) is 0.231. The van der Waals surface area contributed by atoms with E-state index in [2.05, 4.69) is 76.6 Å². The molecule has 4 rings (SSSR count). The summed E-state index contributed by atoms with van der Waals surface area (Å²) in [6.45, 7) is 0.530. The molecule has 152 valence electrons. The molecule has 2 aromatic heterocycles. The molecule has 0 aliphatic heterocycles. The molecule has 4 nitrogen and oxygen atoms in total. The van der Waals surface area contributed by atoms with Crippen LogP contribution >= 0.6 is 0 Å². The van der Waals surface area contributed by atoms with Crippen LogP contribution in [0.4, 0.5) is 0 Å². The van der Waals surface area contributed by atoms with Gasteiger partial charge in [0.25, 0.3) is 0 Å². The van der Waals surface area contributed by atoms with E-state index in [9.17, 15) is 4.79 Å². The molecule has 4 heteroatoms. The Morgan fingerprint density at radius 2 is 1.70 bits per heavy atom. The van der Waals surface area contributed by atoms with Crippen molar-refractivity contribution in [1.29, 1.82) is 0 Å². The van der Waals surface area contributed by atoms with Crippen molar-refractivity contribution in [3.05, 3.63) is 102 Å². The quantitative estimate of drug-likeness (QED) is 0.455. The second-order valence-corrected chi connectivity index (χ2v) is 7.77. The molecular weight excluding hydrogens is 370 g/mol. The zero-order chi connectivity index (χ0) is 20.8. The van der Waals surface area contributed by atoms with E-state index in [4.69, 9.17) is 0 Å². The van der Waals surface area contributed by atoms with E-state index in [0.29, 0.717) is 13.0 Å². The summed E-state index contributed by atoms with van der Waals surface area (Å²) in [6, 6.07) is 22.8. The Balaban J connectivity index is 1.52. The van der Waals surface area contributed by atoms with Crippen molar-refractivity contribution in [3.63, 3.8) is 0 Å². The first-order chi connectivity index (χ1) is 14.7. The molecule has 0 aliphatic rings. The maximum atomic E-state index is 12.8. The van der Waals surface area contributed by atoms with Gasteiger partial charge in [-0.25, -0.2) is 0 Å². The second kappa shape index (κ2) is 9.40. The lowest BCUT2D eigenvalue weighted by Gasteiger charge is -2.17. The van der Waals surface area contributed by atoms with Gasteiger partial charge in [0, 0.05) is 49.5 Å². The number of aromatic nitrogens is 2. The van der Waals surface area contributed by atoms with Gasteiger partial charge in [-0.2, -0.15) is 0 Å². The van der Waals surface area contributed by atoms with Crippen molar-refractivity contribution >= 4 is 16.8 Å². The van der Waals surface area contributed by atoms with Crippen LogP contribution in [0.1, 0.15) is 35.4 Å². The highest BCUT2D eigenvalue weighted by atomic mass is 16.1. The Morgan fingerprint density at radius 1 is 0.967 bits per heavy atom. The molecule has 0 aliphatic carbocycles. The third-order valence-corrected chi connectivity index (χ3v) is 5.66. The van der Waals surface area contributed by atoms with Crippen LogP contribution in [0.25, 0.3) is 10.9 Å². The lowest BCUT2D eigenvalue weighted by Crippen LogP contribution is -2.24. The van der Waals surface area contributed by atoms with Gasteiger partial charge in [-0.15, -0.1) is 0 Å². The highest BCUT2D eigenvalue weighted by Gasteiger charge is 2.20. The molecule has 30 heavy (non-hydrogen) atoms. The van der Waals surface area contributed by atoms with Crippen LogP contribution in [0, 0.1) is 0 Å². The normalized spacial score (nSPS) is 12.0. The summed E-state index contributed by atoms with van der Waals surface area (Å²) in [7, 11) is 2.07. The Hall–Kier alpha value is -3.40. The number of nitrogens with one attached hydrogen (secondary N) is 1. The van der Waals surface area contributed by atoms with Crippen LogP contribution in [-0.4, -0.2) is 15.5 Å². The Labute approximate surface area is 177 Å². The maximum Gasteiger partial charge on any atom is 0.220 e. The lowest BCUT2D eigenvalue weighted by molar-refractivity contribution is -0.121. The fourth-order valence-corrected chi connectivity index (χ4v) is 4.05. The third-order valence-electron chi connectivity index (χ3n) is 5.66. The lowest BCUT2D eigenvalue weighted by atomic mass is 9.89. The molecule has 0 radical (unpaired) electrons. The van der Waals surface area contributed by atoms with Gasteiger partial charge in [0.1, 0.15) is 0 Å². The van der Waals surface area contributed by atoms with Crippen LogP contribution in [0.2, 0.25) is 0 Å². The van der Waals surface area contributed by atoms with E-state index in [1.165, 1.54) is 22.0 Å². The minimum atomic E-state index is 0.0813. The molecule has 0 fully saturated rings. The van der Waals surface area contributed by atoms with E-state index >= 15 is 0 Å². The number of hydrogen-bond acceptors (Lipinski definition) is 2. The monoisotopic (exact) mass is 397 g/mol. The first-order valence-corrected chi connectivity index (χ1v) is 10.4. The van der Waals surface area contributed by atoms with Gasteiger partial charge in [0.15, 0.2) is 0 Å². The molecule has 4 aromatic rings. The number of rotatable bonds is 8. The molecular formula is C26H27N3O.